The van der Waals surface area contributed by atoms with Crippen LogP contribution in [-0.2, 0) is 6.61 Å². The highest BCUT2D eigenvalue weighted by Crippen LogP contribution is 2.20. The molecule has 3 heterocycles. The number of piperidine rings is 1. The number of ether oxygens (including phenoxy) is 1. The molecule has 1 fully saturated rings. The van der Waals surface area contributed by atoms with Crippen LogP contribution in [0.5, 0.6) is 5.75 Å². The maximum absolute atomic E-state index is 12.7. The van der Waals surface area contributed by atoms with Crippen LogP contribution in [0.4, 0.5) is 0 Å². The number of halogens is 2. The van der Waals surface area contributed by atoms with Gasteiger partial charge in [0.25, 0.3) is 5.91 Å². The standard InChI is InChI=1S/C21H24N4O2.2ClH/c1-15-5-4-12-25-13-17(23-20(15)25)14-27-19-7-3-2-6-18(19)21(26)24-16-8-10-22-11-9-16;;/h2-7,12-13,16,22H,8-11,14H2,1H3,(H,24,26);2*1H. The van der Waals surface area contributed by atoms with E-state index in [1.807, 2.05) is 54.0 Å². The smallest absolute Gasteiger partial charge is 0.255 e. The van der Waals surface area contributed by atoms with Crippen LogP contribution in [0.25, 0.3) is 5.65 Å². The van der Waals surface area contributed by atoms with E-state index in [4.69, 9.17) is 4.74 Å². The van der Waals surface area contributed by atoms with Crippen molar-refractivity contribution in [2.75, 3.05) is 13.1 Å². The van der Waals surface area contributed by atoms with E-state index < -0.39 is 0 Å². The molecule has 156 valence electrons. The molecule has 0 radical (unpaired) electrons. The summed E-state index contributed by atoms with van der Waals surface area (Å²) in [6, 6.07) is 11.6. The van der Waals surface area contributed by atoms with Gasteiger partial charge >= 0.3 is 0 Å². The van der Waals surface area contributed by atoms with E-state index in [0.717, 1.165) is 42.8 Å². The van der Waals surface area contributed by atoms with Gasteiger partial charge in [0.1, 0.15) is 18.0 Å². The molecule has 1 saturated heterocycles. The molecule has 1 amide bonds. The molecule has 1 aromatic carbocycles. The highest BCUT2D eigenvalue weighted by atomic mass is 35.5. The quantitative estimate of drug-likeness (QED) is 0.641. The molecule has 2 N–H and O–H groups in total. The Bertz CT molecular complexity index is 955. The number of nitrogens with one attached hydrogen (secondary N) is 2. The number of rotatable bonds is 5. The number of hydrogen-bond acceptors (Lipinski definition) is 4. The minimum Gasteiger partial charge on any atom is -0.486 e. The lowest BCUT2D eigenvalue weighted by Gasteiger charge is -2.24. The molecule has 29 heavy (non-hydrogen) atoms. The minimum atomic E-state index is -0.0802. The summed E-state index contributed by atoms with van der Waals surface area (Å²) in [5.74, 6) is 0.501. The van der Waals surface area contributed by atoms with E-state index in [1.165, 1.54) is 0 Å². The third-order valence-electron chi connectivity index (χ3n) is 4.91. The van der Waals surface area contributed by atoms with Crippen molar-refractivity contribution in [2.45, 2.75) is 32.4 Å². The summed E-state index contributed by atoms with van der Waals surface area (Å²) in [6.07, 6.45) is 5.84. The lowest BCUT2D eigenvalue weighted by molar-refractivity contribution is 0.0925. The van der Waals surface area contributed by atoms with Gasteiger partial charge in [-0.15, -0.1) is 24.8 Å². The Labute approximate surface area is 182 Å². The molecule has 0 unspecified atom stereocenters. The van der Waals surface area contributed by atoms with Crippen molar-refractivity contribution in [1.82, 2.24) is 20.0 Å². The highest BCUT2D eigenvalue weighted by Gasteiger charge is 2.19. The Morgan fingerprint density at radius 3 is 2.72 bits per heavy atom. The number of fused-ring (bicyclic) bond motifs is 1. The number of carbonyl (C=O) groups is 1. The second kappa shape index (κ2) is 10.5. The van der Waals surface area contributed by atoms with Crippen molar-refractivity contribution in [3.05, 3.63) is 65.6 Å². The summed E-state index contributed by atoms with van der Waals surface area (Å²) in [7, 11) is 0. The van der Waals surface area contributed by atoms with Crippen LogP contribution in [-0.4, -0.2) is 34.4 Å². The second-order valence-electron chi connectivity index (χ2n) is 6.94. The SMILES string of the molecule is Cc1cccn2cc(COc3ccccc3C(=O)NC3CCNCC3)nc12.Cl.Cl. The van der Waals surface area contributed by atoms with Gasteiger partial charge in [0, 0.05) is 18.4 Å². The van der Waals surface area contributed by atoms with Crippen molar-refractivity contribution in [3.63, 3.8) is 0 Å². The summed E-state index contributed by atoms with van der Waals surface area (Å²) in [5.41, 5.74) is 3.44. The molecule has 0 atom stereocenters. The van der Waals surface area contributed by atoms with Crippen LogP contribution in [0, 0.1) is 6.92 Å². The van der Waals surface area contributed by atoms with Gasteiger partial charge in [0.05, 0.1) is 11.3 Å². The second-order valence-corrected chi connectivity index (χ2v) is 6.94. The monoisotopic (exact) mass is 436 g/mol. The van der Waals surface area contributed by atoms with Gasteiger partial charge in [-0.3, -0.25) is 4.79 Å². The summed E-state index contributed by atoms with van der Waals surface area (Å²) < 4.78 is 7.94. The topological polar surface area (TPSA) is 67.7 Å². The maximum Gasteiger partial charge on any atom is 0.255 e. The van der Waals surface area contributed by atoms with Crippen LogP contribution in [0.1, 0.15) is 34.5 Å². The molecule has 8 heteroatoms. The van der Waals surface area contributed by atoms with E-state index in [9.17, 15) is 4.79 Å². The number of aryl methyl sites for hydroxylation is 1. The van der Waals surface area contributed by atoms with Gasteiger partial charge in [-0.2, -0.15) is 0 Å². The molecule has 1 aliphatic rings. The fourth-order valence-electron chi connectivity index (χ4n) is 3.44. The van der Waals surface area contributed by atoms with Gasteiger partial charge in [-0.1, -0.05) is 18.2 Å². The Kier molecular flexibility index (Phi) is 8.32. The van der Waals surface area contributed by atoms with Gasteiger partial charge in [-0.25, -0.2) is 4.98 Å². The summed E-state index contributed by atoms with van der Waals surface area (Å²) in [5, 5.41) is 6.43. The third-order valence-corrected chi connectivity index (χ3v) is 4.91. The number of benzene rings is 1. The van der Waals surface area contributed by atoms with Crippen molar-refractivity contribution in [1.29, 1.82) is 0 Å². The molecular weight excluding hydrogens is 411 g/mol. The number of hydrogen-bond donors (Lipinski definition) is 2. The van der Waals surface area contributed by atoms with Gasteiger partial charge in [-0.05, 0) is 56.6 Å². The first-order valence-electron chi connectivity index (χ1n) is 9.37. The van der Waals surface area contributed by atoms with E-state index in [1.54, 1.807) is 6.07 Å². The predicted octanol–water partition coefficient (Wildman–Crippen LogP) is 3.55. The Morgan fingerprint density at radius 2 is 1.97 bits per heavy atom. The zero-order valence-electron chi connectivity index (χ0n) is 16.3. The first kappa shape index (κ1) is 23.0. The predicted molar refractivity (Wildman–Crippen MR) is 119 cm³/mol. The largest absolute Gasteiger partial charge is 0.486 e. The fraction of sp³-hybridized carbons (Fsp3) is 0.333. The average Bonchev–Trinajstić information content (AvgIpc) is 3.12. The van der Waals surface area contributed by atoms with Crippen LogP contribution in [0.2, 0.25) is 0 Å². The average molecular weight is 437 g/mol. The number of carbonyl (C=O) groups excluding carboxylic acids is 1. The number of nitrogens with zero attached hydrogens (tertiary/aromatic N) is 2. The number of imidazole rings is 1. The number of para-hydroxylation sites is 1. The van der Waals surface area contributed by atoms with Gasteiger partial charge in [0.2, 0.25) is 0 Å². The first-order chi connectivity index (χ1) is 13.2. The highest BCUT2D eigenvalue weighted by molar-refractivity contribution is 5.97. The third kappa shape index (κ3) is 5.41. The lowest BCUT2D eigenvalue weighted by Crippen LogP contribution is -2.42. The van der Waals surface area contributed by atoms with Crippen molar-refractivity contribution < 1.29 is 9.53 Å². The van der Waals surface area contributed by atoms with E-state index in [-0.39, 0.29) is 36.8 Å². The number of aromatic nitrogens is 2. The summed E-state index contributed by atoms with van der Waals surface area (Å²) in [6.45, 7) is 4.24. The first-order valence-corrected chi connectivity index (χ1v) is 9.37. The van der Waals surface area contributed by atoms with Crippen LogP contribution in [0.15, 0.2) is 48.8 Å². The normalized spacial score (nSPS) is 14.0. The fourth-order valence-corrected chi connectivity index (χ4v) is 3.44. The molecule has 0 spiro atoms. The Balaban J connectivity index is 0.00000150. The van der Waals surface area contributed by atoms with Crippen molar-refractivity contribution >= 4 is 36.4 Å². The van der Waals surface area contributed by atoms with Crippen LogP contribution in [0.3, 0.4) is 0 Å². The number of pyridine rings is 1. The zero-order valence-corrected chi connectivity index (χ0v) is 17.9. The lowest BCUT2D eigenvalue weighted by atomic mass is 10.1. The van der Waals surface area contributed by atoms with Crippen LogP contribution < -0.4 is 15.4 Å². The molecule has 6 nitrogen and oxygen atoms in total. The molecule has 0 bridgehead atoms. The van der Waals surface area contributed by atoms with Crippen LogP contribution >= 0.6 is 24.8 Å². The summed E-state index contributed by atoms with van der Waals surface area (Å²) in [4.78, 5) is 17.3. The van der Waals surface area contributed by atoms with E-state index >= 15 is 0 Å². The molecule has 4 rings (SSSR count). The van der Waals surface area contributed by atoms with Crippen molar-refractivity contribution in [2.24, 2.45) is 0 Å². The Morgan fingerprint density at radius 1 is 1.21 bits per heavy atom. The molecule has 0 aliphatic carbocycles. The maximum atomic E-state index is 12.7. The molecule has 3 aromatic rings. The number of amides is 1. The van der Waals surface area contributed by atoms with E-state index in [0.29, 0.717) is 17.9 Å². The summed E-state index contributed by atoms with van der Waals surface area (Å²) >= 11 is 0. The molecule has 2 aromatic heterocycles. The zero-order chi connectivity index (χ0) is 18.6. The Hall–Kier alpha value is -2.28. The minimum absolute atomic E-state index is 0. The van der Waals surface area contributed by atoms with Gasteiger partial charge in [0.15, 0.2) is 0 Å². The van der Waals surface area contributed by atoms with Gasteiger partial charge < -0.3 is 19.8 Å². The molecular formula is C21H26Cl2N4O2. The molecule has 0 saturated carbocycles. The molecule has 1 aliphatic heterocycles. The van der Waals surface area contributed by atoms with E-state index in [2.05, 4.69) is 15.6 Å². The van der Waals surface area contributed by atoms with Crippen molar-refractivity contribution in [3.8, 4) is 5.75 Å².